The number of ketones is 1. The second-order valence-electron chi connectivity index (χ2n) is 6.69. The lowest BCUT2D eigenvalue weighted by atomic mass is 10.1. The smallest absolute Gasteiger partial charge is 0.295 e. The van der Waals surface area contributed by atoms with E-state index in [2.05, 4.69) is 4.98 Å². The molecule has 140 valence electrons. The molecule has 28 heavy (non-hydrogen) atoms. The number of hydrogen-bond acceptors (Lipinski definition) is 4. The van der Waals surface area contributed by atoms with Crippen molar-refractivity contribution in [2.75, 3.05) is 26.2 Å². The zero-order chi connectivity index (χ0) is 19.5. The highest BCUT2D eigenvalue weighted by atomic mass is 16.2. The molecule has 2 amide bonds. The van der Waals surface area contributed by atoms with Gasteiger partial charge in [-0.15, -0.1) is 0 Å². The number of Topliss-reactive ketones (excluding diaryl/α,β-unsaturated/α-hetero) is 1. The van der Waals surface area contributed by atoms with Crippen molar-refractivity contribution in [3.05, 3.63) is 78.0 Å². The van der Waals surface area contributed by atoms with Crippen LogP contribution in [0, 0.1) is 0 Å². The Morgan fingerprint density at radius 3 is 2.21 bits per heavy atom. The number of aromatic nitrogens is 1. The Kier molecular flexibility index (Phi) is 4.85. The number of benzene rings is 2. The molecule has 1 aromatic heterocycles. The number of hydrogen-bond donors (Lipinski definition) is 0. The molecule has 6 heteroatoms. The Bertz CT molecular complexity index is 1040. The van der Waals surface area contributed by atoms with E-state index in [0.29, 0.717) is 42.8 Å². The maximum Gasteiger partial charge on any atom is 0.295 e. The Morgan fingerprint density at radius 2 is 1.46 bits per heavy atom. The molecule has 3 aromatic rings. The molecule has 1 aliphatic rings. The maximum atomic E-state index is 12.6. The Morgan fingerprint density at radius 1 is 0.750 bits per heavy atom. The molecule has 0 radical (unpaired) electrons. The summed E-state index contributed by atoms with van der Waals surface area (Å²) < 4.78 is 0. The van der Waals surface area contributed by atoms with E-state index in [4.69, 9.17) is 0 Å². The van der Waals surface area contributed by atoms with Gasteiger partial charge in [0.15, 0.2) is 0 Å². The van der Waals surface area contributed by atoms with Crippen LogP contribution in [-0.2, 0) is 4.79 Å². The minimum atomic E-state index is -0.546. The quantitative estimate of drug-likeness (QED) is 0.522. The fourth-order valence-corrected chi connectivity index (χ4v) is 3.35. The van der Waals surface area contributed by atoms with E-state index in [1.807, 2.05) is 30.3 Å². The molecule has 2 aromatic carbocycles. The number of carbonyl (C=O) groups excluding carboxylic acids is 3. The van der Waals surface area contributed by atoms with Crippen molar-refractivity contribution in [3.8, 4) is 0 Å². The number of amides is 2. The summed E-state index contributed by atoms with van der Waals surface area (Å²) in [7, 11) is 0. The zero-order valence-corrected chi connectivity index (χ0v) is 15.2. The molecule has 0 N–H and O–H groups in total. The molecule has 0 atom stereocenters. The van der Waals surface area contributed by atoms with Crippen molar-refractivity contribution in [2.24, 2.45) is 0 Å². The van der Waals surface area contributed by atoms with Crippen LogP contribution in [0.3, 0.4) is 0 Å². The van der Waals surface area contributed by atoms with Crippen molar-refractivity contribution in [1.29, 1.82) is 0 Å². The second kappa shape index (κ2) is 7.60. The number of carbonyl (C=O) groups is 3. The summed E-state index contributed by atoms with van der Waals surface area (Å²) in [5, 5.41) is 0.916. The fourth-order valence-electron chi connectivity index (χ4n) is 3.35. The molecular formula is C22H19N3O3. The van der Waals surface area contributed by atoms with Crippen LogP contribution < -0.4 is 0 Å². The summed E-state index contributed by atoms with van der Waals surface area (Å²) in [6.07, 6.45) is 1.65. The van der Waals surface area contributed by atoms with Gasteiger partial charge in [-0.05, 0) is 24.3 Å². The van der Waals surface area contributed by atoms with E-state index in [0.717, 1.165) is 5.39 Å². The average molecular weight is 373 g/mol. The van der Waals surface area contributed by atoms with Crippen LogP contribution in [0.5, 0.6) is 0 Å². The number of fused-ring (bicyclic) bond motifs is 1. The predicted octanol–water partition coefficient (Wildman–Crippen LogP) is 2.40. The highest BCUT2D eigenvalue weighted by Gasteiger charge is 2.29. The first kappa shape index (κ1) is 17.9. The molecule has 0 bridgehead atoms. The van der Waals surface area contributed by atoms with E-state index in [1.165, 1.54) is 4.90 Å². The van der Waals surface area contributed by atoms with Gasteiger partial charge in [0.1, 0.15) is 0 Å². The van der Waals surface area contributed by atoms with Crippen LogP contribution in [0.2, 0.25) is 0 Å². The van der Waals surface area contributed by atoms with Gasteiger partial charge in [-0.25, -0.2) is 0 Å². The summed E-state index contributed by atoms with van der Waals surface area (Å²) in [6.45, 7) is 1.50. The van der Waals surface area contributed by atoms with Gasteiger partial charge in [0.2, 0.25) is 5.78 Å². The van der Waals surface area contributed by atoms with Crippen LogP contribution in [0.4, 0.5) is 0 Å². The highest BCUT2D eigenvalue weighted by molar-refractivity contribution is 6.43. The Hall–Kier alpha value is -3.54. The van der Waals surface area contributed by atoms with Crippen molar-refractivity contribution >= 4 is 28.5 Å². The molecular weight excluding hydrogens is 354 g/mol. The summed E-state index contributed by atoms with van der Waals surface area (Å²) in [4.78, 5) is 45.2. The third-order valence-electron chi connectivity index (χ3n) is 4.94. The standard InChI is InChI=1S/C22H19N3O3/c26-20(18-9-8-16-7-4-10-23-19(16)15-18)22(28)25-13-11-24(12-14-25)21(27)17-5-2-1-3-6-17/h1-10,15H,11-14H2. The Labute approximate surface area is 162 Å². The lowest BCUT2D eigenvalue weighted by Crippen LogP contribution is -2.52. The molecule has 6 nitrogen and oxygen atoms in total. The zero-order valence-electron chi connectivity index (χ0n) is 15.2. The summed E-state index contributed by atoms with van der Waals surface area (Å²) in [5.41, 5.74) is 1.64. The van der Waals surface area contributed by atoms with Crippen molar-refractivity contribution in [2.45, 2.75) is 0 Å². The fraction of sp³-hybridized carbons (Fsp3) is 0.182. The predicted molar refractivity (Wildman–Crippen MR) is 105 cm³/mol. The van der Waals surface area contributed by atoms with Crippen molar-refractivity contribution in [1.82, 2.24) is 14.8 Å². The molecule has 2 heterocycles. The first-order valence-corrected chi connectivity index (χ1v) is 9.16. The van der Waals surface area contributed by atoms with Crippen LogP contribution in [0.15, 0.2) is 66.9 Å². The molecule has 0 aliphatic carbocycles. The summed E-state index contributed by atoms with van der Waals surface area (Å²) in [6, 6.07) is 17.9. The van der Waals surface area contributed by atoms with Gasteiger partial charge in [-0.3, -0.25) is 19.4 Å². The molecule has 4 rings (SSSR count). The van der Waals surface area contributed by atoms with Crippen LogP contribution in [0.25, 0.3) is 10.9 Å². The van der Waals surface area contributed by atoms with Gasteiger partial charge in [0.05, 0.1) is 5.52 Å². The number of nitrogens with zero attached hydrogens (tertiary/aromatic N) is 3. The van der Waals surface area contributed by atoms with Gasteiger partial charge < -0.3 is 9.80 Å². The van der Waals surface area contributed by atoms with E-state index < -0.39 is 11.7 Å². The second-order valence-corrected chi connectivity index (χ2v) is 6.69. The van der Waals surface area contributed by atoms with Crippen LogP contribution >= 0.6 is 0 Å². The third-order valence-corrected chi connectivity index (χ3v) is 4.94. The maximum absolute atomic E-state index is 12.6. The minimum absolute atomic E-state index is 0.0559. The number of pyridine rings is 1. The monoisotopic (exact) mass is 373 g/mol. The summed E-state index contributed by atoms with van der Waals surface area (Å²) >= 11 is 0. The topological polar surface area (TPSA) is 70.6 Å². The largest absolute Gasteiger partial charge is 0.335 e. The molecule has 1 saturated heterocycles. The molecule has 0 unspecified atom stereocenters. The first-order chi connectivity index (χ1) is 13.6. The minimum Gasteiger partial charge on any atom is -0.335 e. The normalized spacial score (nSPS) is 14.1. The van der Waals surface area contributed by atoms with E-state index >= 15 is 0 Å². The summed E-state index contributed by atoms with van der Waals surface area (Å²) in [5.74, 6) is -1.14. The molecule has 1 fully saturated rings. The van der Waals surface area contributed by atoms with E-state index in [9.17, 15) is 14.4 Å². The lowest BCUT2D eigenvalue weighted by Gasteiger charge is -2.34. The van der Waals surface area contributed by atoms with Gasteiger partial charge in [0.25, 0.3) is 11.8 Å². The molecule has 0 spiro atoms. The molecule has 0 saturated carbocycles. The third kappa shape index (κ3) is 3.49. The van der Waals surface area contributed by atoms with Crippen molar-refractivity contribution < 1.29 is 14.4 Å². The average Bonchev–Trinajstić information content (AvgIpc) is 2.78. The molecule has 1 aliphatic heterocycles. The Balaban J connectivity index is 1.41. The van der Waals surface area contributed by atoms with E-state index in [1.54, 1.807) is 41.4 Å². The lowest BCUT2D eigenvalue weighted by molar-refractivity contribution is -0.127. The van der Waals surface area contributed by atoms with Crippen molar-refractivity contribution in [3.63, 3.8) is 0 Å². The van der Waals surface area contributed by atoms with E-state index in [-0.39, 0.29) is 5.91 Å². The van der Waals surface area contributed by atoms with Crippen LogP contribution in [-0.4, -0.2) is 58.6 Å². The van der Waals surface area contributed by atoms with Gasteiger partial charge >= 0.3 is 0 Å². The van der Waals surface area contributed by atoms with Gasteiger partial charge in [-0.1, -0.05) is 36.4 Å². The number of rotatable bonds is 3. The van der Waals surface area contributed by atoms with Gasteiger partial charge in [0, 0.05) is 48.9 Å². The number of piperazine rings is 1. The highest BCUT2D eigenvalue weighted by Crippen LogP contribution is 2.15. The first-order valence-electron chi connectivity index (χ1n) is 9.16. The van der Waals surface area contributed by atoms with Crippen LogP contribution in [0.1, 0.15) is 20.7 Å². The SMILES string of the molecule is O=C(C(=O)N1CCN(C(=O)c2ccccc2)CC1)c1ccc2cccnc2c1. The van der Waals surface area contributed by atoms with Gasteiger partial charge in [-0.2, -0.15) is 0 Å².